The number of nitrogens with one attached hydrogen (secondary N) is 1. The first kappa shape index (κ1) is 14.8. The van der Waals surface area contributed by atoms with E-state index in [1.807, 2.05) is 13.0 Å². The van der Waals surface area contributed by atoms with Gasteiger partial charge in [0.05, 0.1) is 5.02 Å². The second-order valence-corrected chi connectivity index (χ2v) is 4.74. The van der Waals surface area contributed by atoms with Crippen LogP contribution in [0.5, 0.6) is 5.75 Å². The number of halogens is 2. The highest BCUT2D eigenvalue weighted by Crippen LogP contribution is 2.20. The first-order valence-electron chi connectivity index (χ1n) is 6.40. The average Bonchev–Trinajstić information content (AvgIpc) is 2.44. The summed E-state index contributed by atoms with van der Waals surface area (Å²) in [7, 11) is 0. The zero-order valence-electron chi connectivity index (χ0n) is 11.2. The second-order valence-electron chi connectivity index (χ2n) is 4.33. The van der Waals surface area contributed by atoms with E-state index in [1.165, 1.54) is 12.1 Å². The van der Waals surface area contributed by atoms with Gasteiger partial charge in [-0.2, -0.15) is 0 Å². The highest BCUT2D eigenvalue weighted by Gasteiger charge is 2.04. The Morgan fingerprint density at radius 3 is 2.95 bits per heavy atom. The molecular formula is C15H16ClFN2O. The predicted molar refractivity (Wildman–Crippen MR) is 77.4 cm³/mol. The molecule has 2 rings (SSSR count). The lowest BCUT2D eigenvalue weighted by Crippen LogP contribution is -2.12. The molecule has 3 nitrogen and oxygen atoms in total. The van der Waals surface area contributed by atoms with E-state index < -0.39 is 0 Å². The minimum Gasteiger partial charge on any atom is -0.489 e. The number of pyridine rings is 1. The van der Waals surface area contributed by atoms with Gasteiger partial charge in [0.25, 0.3) is 0 Å². The minimum absolute atomic E-state index is 0.283. The number of aromatic nitrogens is 1. The van der Waals surface area contributed by atoms with Crippen LogP contribution in [-0.2, 0) is 13.2 Å². The van der Waals surface area contributed by atoms with E-state index in [9.17, 15) is 4.39 Å². The Hall–Kier alpha value is -1.65. The number of benzene rings is 1. The van der Waals surface area contributed by atoms with Crippen LogP contribution in [0.1, 0.15) is 18.1 Å². The summed E-state index contributed by atoms with van der Waals surface area (Å²) in [5.41, 5.74) is 1.67. The molecule has 1 heterocycles. The van der Waals surface area contributed by atoms with E-state index in [0.29, 0.717) is 17.3 Å². The maximum Gasteiger partial charge on any atom is 0.127 e. The van der Waals surface area contributed by atoms with Crippen LogP contribution in [0, 0.1) is 5.82 Å². The number of hydrogen-bond donors (Lipinski definition) is 1. The van der Waals surface area contributed by atoms with Crippen molar-refractivity contribution >= 4 is 11.6 Å². The molecule has 0 fully saturated rings. The topological polar surface area (TPSA) is 34.1 Å². The Kier molecular flexibility index (Phi) is 5.32. The Morgan fingerprint density at radius 1 is 1.35 bits per heavy atom. The van der Waals surface area contributed by atoms with Crippen LogP contribution < -0.4 is 10.1 Å². The van der Waals surface area contributed by atoms with Crippen LogP contribution in [0.2, 0.25) is 5.02 Å². The molecule has 0 amide bonds. The number of nitrogens with zero attached hydrogens (tertiary/aromatic N) is 1. The molecule has 0 unspecified atom stereocenters. The molecule has 2 aromatic rings. The lowest BCUT2D eigenvalue weighted by Gasteiger charge is -2.10. The first-order valence-corrected chi connectivity index (χ1v) is 6.78. The van der Waals surface area contributed by atoms with Gasteiger partial charge < -0.3 is 10.1 Å². The molecule has 0 aliphatic heterocycles. The molecule has 5 heteroatoms. The minimum atomic E-state index is -0.309. The Bertz CT molecular complexity index is 578. The molecule has 0 spiro atoms. The molecule has 0 radical (unpaired) electrons. The van der Waals surface area contributed by atoms with Crippen molar-refractivity contribution in [2.45, 2.75) is 20.1 Å². The highest BCUT2D eigenvalue weighted by molar-refractivity contribution is 6.31. The molecule has 0 aliphatic carbocycles. The van der Waals surface area contributed by atoms with Gasteiger partial charge in [-0.1, -0.05) is 18.5 Å². The van der Waals surface area contributed by atoms with E-state index >= 15 is 0 Å². The largest absolute Gasteiger partial charge is 0.489 e. The fourth-order valence-electron chi connectivity index (χ4n) is 1.76. The summed E-state index contributed by atoms with van der Waals surface area (Å²) in [6, 6.07) is 6.46. The van der Waals surface area contributed by atoms with E-state index in [4.69, 9.17) is 16.3 Å². The van der Waals surface area contributed by atoms with Gasteiger partial charge in [0.1, 0.15) is 18.2 Å². The summed E-state index contributed by atoms with van der Waals surface area (Å²) >= 11 is 5.99. The van der Waals surface area contributed by atoms with Gasteiger partial charge in [-0.3, -0.25) is 4.98 Å². The Balaban J connectivity index is 2.05. The summed E-state index contributed by atoms with van der Waals surface area (Å²) in [5.74, 6) is 0.182. The molecule has 1 aromatic carbocycles. The molecule has 106 valence electrons. The standard InChI is InChI=1S/C15H16ClFN2O/c1-2-18-8-11-5-13(17)7-14(6-11)20-10-12-3-4-19-9-15(12)16/h3-7,9,18H,2,8,10H2,1H3. The van der Waals surface area contributed by atoms with Gasteiger partial charge in [0.15, 0.2) is 0 Å². The maximum absolute atomic E-state index is 13.5. The van der Waals surface area contributed by atoms with E-state index in [1.54, 1.807) is 18.5 Å². The second kappa shape index (κ2) is 7.22. The third-order valence-corrected chi connectivity index (χ3v) is 3.10. The van der Waals surface area contributed by atoms with Gasteiger partial charge in [0, 0.05) is 30.6 Å². The third-order valence-electron chi connectivity index (χ3n) is 2.76. The van der Waals surface area contributed by atoms with Gasteiger partial charge in [-0.05, 0) is 30.3 Å². The van der Waals surface area contributed by atoms with Gasteiger partial charge in [-0.15, -0.1) is 0 Å². The fraction of sp³-hybridized carbons (Fsp3) is 0.267. The van der Waals surface area contributed by atoms with Crippen molar-refractivity contribution in [2.24, 2.45) is 0 Å². The van der Waals surface area contributed by atoms with E-state index in [2.05, 4.69) is 10.3 Å². The van der Waals surface area contributed by atoms with Crippen LogP contribution in [-0.4, -0.2) is 11.5 Å². The number of ether oxygens (including phenoxy) is 1. The lowest BCUT2D eigenvalue weighted by molar-refractivity contribution is 0.304. The van der Waals surface area contributed by atoms with Crippen LogP contribution in [0.15, 0.2) is 36.7 Å². The summed E-state index contributed by atoms with van der Waals surface area (Å²) < 4.78 is 19.1. The van der Waals surface area contributed by atoms with Crippen LogP contribution in [0.25, 0.3) is 0 Å². The summed E-state index contributed by atoms with van der Waals surface area (Å²) in [4.78, 5) is 3.91. The molecule has 0 saturated carbocycles. The molecule has 0 saturated heterocycles. The van der Waals surface area contributed by atoms with E-state index in [-0.39, 0.29) is 12.4 Å². The fourth-order valence-corrected chi connectivity index (χ4v) is 1.93. The number of rotatable bonds is 6. The van der Waals surface area contributed by atoms with Crippen molar-refractivity contribution < 1.29 is 9.13 Å². The van der Waals surface area contributed by atoms with E-state index in [0.717, 1.165) is 17.7 Å². The zero-order valence-corrected chi connectivity index (χ0v) is 12.0. The molecule has 0 atom stereocenters. The smallest absolute Gasteiger partial charge is 0.127 e. The summed E-state index contributed by atoms with van der Waals surface area (Å²) in [6.45, 7) is 3.73. The first-order chi connectivity index (χ1) is 9.69. The summed E-state index contributed by atoms with van der Waals surface area (Å²) in [5, 5.41) is 3.69. The zero-order chi connectivity index (χ0) is 14.4. The van der Waals surface area contributed by atoms with Crippen molar-refractivity contribution in [1.29, 1.82) is 0 Å². The van der Waals surface area contributed by atoms with Crippen molar-refractivity contribution in [3.8, 4) is 5.75 Å². The molecule has 0 aliphatic rings. The predicted octanol–water partition coefficient (Wildman–Crippen LogP) is 3.56. The monoisotopic (exact) mass is 294 g/mol. The Labute approximate surface area is 122 Å². The molecule has 20 heavy (non-hydrogen) atoms. The third kappa shape index (κ3) is 4.18. The maximum atomic E-state index is 13.5. The van der Waals surface area contributed by atoms with Gasteiger partial charge >= 0.3 is 0 Å². The van der Waals surface area contributed by atoms with Crippen LogP contribution >= 0.6 is 11.6 Å². The molecule has 0 bridgehead atoms. The quantitative estimate of drug-likeness (QED) is 0.884. The number of hydrogen-bond acceptors (Lipinski definition) is 3. The van der Waals surface area contributed by atoms with Crippen LogP contribution in [0.4, 0.5) is 4.39 Å². The van der Waals surface area contributed by atoms with Crippen LogP contribution in [0.3, 0.4) is 0 Å². The van der Waals surface area contributed by atoms with Crippen molar-refractivity contribution in [3.63, 3.8) is 0 Å². The summed E-state index contributed by atoms with van der Waals surface area (Å²) in [6.07, 6.45) is 3.20. The van der Waals surface area contributed by atoms with Gasteiger partial charge in [-0.25, -0.2) is 4.39 Å². The normalized spacial score (nSPS) is 10.6. The molecule has 1 aromatic heterocycles. The SMILES string of the molecule is CCNCc1cc(F)cc(OCc2ccncc2Cl)c1. The average molecular weight is 295 g/mol. The van der Waals surface area contributed by atoms with Gasteiger partial charge in [0.2, 0.25) is 0 Å². The van der Waals surface area contributed by atoms with Crippen molar-refractivity contribution in [3.05, 3.63) is 58.6 Å². The van der Waals surface area contributed by atoms with Crippen molar-refractivity contribution in [1.82, 2.24) is 10.3 Å². The Morgan fingerprint density at radius 2 is 2.20 bits per heavy atom. The molecular weight excluding hydrogens is 279 g/mol. The highest BCUT2D eigenvalue weighted by atomic mass is 35.5. The van der Waals surface area contributed by atoms with Crippen molar-refractivity contribution in [2.75, 3.05) is 6.54 Å². The lowest BCUT2D eigenvalue weighted by atomic mass is 10.2. The molecule has 1 N–H and O–H groups in total.